The molecule has 0 radical (unpaired) electrons. The third kappa shape index (κ3) is 2.66. The molecule has 0 amide bonds. The Bertz CT molecular complexity index is 415. The van der Waals surface area contributed by atoms with Crippen molar-refractivity contribution in [3.8, 4) is 0 Å². The number of thiocarbonyl (C=S) groups is 1. The molecule has 0 aromatic heterocycles. The van der Waals surface area contributed by atoms with Crippen LogP contribution in [0.1, 0.15) is 18.4 Å². The lowest BCUT2D eigenvalue weighted by atomic mass is 10.2. The molecule has 1 aliphatic carbocycles. The van der Waals surface area contributed by atoms with Crippen LogP contribution in [0, 0.1) is 5.92 Å². The number of nitrogens with two attached hydrogens (primary N) is 1. The van der Waals surface area contributed by atoms with Crippen LogP contribution in [0.15, 0.2) is 18.2 Å². The van der Waals surface area contributed by atoms with Crippen LogP contribution in [0.5, 0.6) is 0 Å². The molecule has 4 heteroatoms. The van der Waals surface area contributed by atoms with Crippen molar-refractivity contribution in [1.82, 2.24) is 0 Å². The number of halogens is 1. The molecule has 1 aromatic carbocycles. The quantitative estimate of drug-likeness (QED) is 0.838. The maximum atomic E-state index is 6.13. The Hall–Kier alpha value is -0.800. The van der Waals surface area contributed by atoms with Crippen LogP contribution >= 0.6 is 23.8 Å². The van der Waals surface area contributed by atoms with E-state index in [0.29, 0.717) is 10.0 Å². The molecule has 2 rings (SSSR count). The highest BCUT2D eigenvalue weighted by Crippen LogP contribution is 2.31. The van der Waals surface area contributed by atoms with Crippen molar-refractivity contribution in [2.75, 3.05) is 18.5 Å². The molecule has 2 nitrogen and oxygen atoms in total. The van der Waals surface area contributed by atoms with Crippen molar-refractivity contribution in [2.45, 2.75) is 12.8 Å². The topological polar surface area (TPSA) is 29.3 Å². The Labute approximate surface area is 106 Å². The van der Waals surface area contributed by atoms with E-state index < -0.39 is 0 Å². The predicted molar refractivity (Wildman–Crippen MR) is 73.3 cm³/mol. The summed E-state index contributed by atoms with van der Waals surface area (Å²) in [5, 5.41) is 0.632. The predicted octanol–water partition coefficient (Wildman–Crippen LogP) is 2.82. The third-order valence-electron chi connectivity index (χ3n) is 2.89. The minimum Gasteiger partial charge on any atom is -0.389 e. The van der Waals surface area contributed by atoms with Crippen LogP contribution in [0.3, 0.4) is 0 Å². The van der Waals surface area contributed by atoms with Crippen LogP contribution in [0.2, 0.25) is 5.02 Å². The number of rotatable bonds is 4. The van der Waals surface area contributed by atoms with Gasteiger partial charge in [0, 0.05) is 24.8 Å². The maximum Gasteiger partial charge on any atom is 0.105 e. The summed E-state index contributed by atoms with van der Waals surface area (Å²) in [7, 11) is 2.09. The van der Waals surface area contributed by atoms with Crippen LogP contribution in [-0.2, 0) is 0 Å². The molecule has 0 saturated heterocycles. The molecule has 0 aliphatic heterocycles. The van der Waals surface area contributed by atoms with Crippen molar-refractivity contribution in [3.63, 3.8) is 0 Å². The Morgan fingerprint density at radius 1 is 1.56 bits per heavy atom. The Morgan fingerprint density at radius 2 is 2.25 bits per heavy atom. The maximum absolute atomic E-state index is 6.13. The normalized spacial score (nSPS) is 14.9. The molecule has 0 unspecified atom stereocenters. The lowest BCUT2D eigenvalue weighted by molar-refractivity contribution is 0.787. The van der Waals surface area contributed by atoms with Gasteiger partial charge in [0.2, 0.25) is 0 Å². The average Bonchev–Trinajstić information content (AvgIpc) is 3.00. The van der Waals surface area contributed by atoms with Gasteiger partial charge in [-0.05, 0) is 37.0 Å². The summed E-state index contributed by atoms with van der Waals surface area (Å²) < 4.78 is 0. The summed E-state index contributed by atoms with van der Waals surface area (Å²) in [6.07, 6.45) is 2.70. The van der Waals surface area contributed by atoms with Crippen molar-refractivity contribution >= 4 is 34.5 Å². The minimum absolute atomic E-state index is 0.349. The molecule has 1 aromatic rings. The van der Waals surface area contributed by atoms with Gasteiger partial charge < -0.3 is 10.6 Å². The molecule has 1 fully saturated rings. The Balaban J connectivity index is 2.15. The Kier molecular flexibility index (Phi) is 3.36. The number of hydrogen-bond donors (Lipinski definition) is 1. The lowest BCUT2D eigenvalue weighted by Crippen LogP contribution is -2.20. The van der Waals surface area contributed by atoms with Gasteiger partial charge in [-0.15, -0.1) is 0 Å². The van der Waals surface area contributed by atoms with E-state index in [-0.39, 0.29) is 0 Å². The van der Waals surface area contributed by atoms with Crippen molar-refractivity contribution < 1.29 is 0 Å². The van der Waals surface area contributed by atoms with E-state index in [4.69, 9.17) is 29.6 Å². The molecule has 0 atom stereocenters. The first-order chi connectivity index (χ1) is 7.58. The van der Waals surface area contributed by atoms with Crippen LogP contribution < -0.4 is 10.6 Å². The van der Waals surface area contributed by atoms with Gasteiger partial charge in [0.25, 0.3) is 0 Å². The second-order valence-corrected chi connectivity index (χ2v) is 5.20. The van der Waals surface area contributed by atoms with Gasteiger partial charge in [0.1, 0.15) is 4.99 Å². The molecule has 86 valence electrons. The fraction of sp³-hybridized carbons (Fsp3) is 0.417. The Morgan fingerprint density at radius 3 is 2.75 bits per heavy atom. The van der Waals surface area contributed by atoms with Gasteiger partial charge in [-0.3, -0.25) is 0 Å². The molecular weight excluding hydrogens is 240 g/mol. The van der Waals surface area contributed by atoms with E-state index in [9.17, 15) is 0 Å². The monoisotopic (exact) mass is 254 g/mol. The van der Waals surface area contributed by atoms with Crippen molar-refractivity contribution in [1.29, 1.82) is 0 Å². The zero-order chi connectivity index (χ0) is 11.7. The molecule has 2 N–H and O–H groups in total. The SMILES string of the molecule is CN(CC1CC1)c1ccc(C(N)=S)c(Cl)c1. The molecule has 0 bridgehead atoms. The second kappa shape index (κ2) is 4.60. The summed E-state index contributed by atoms with van der Waals surface area (Å²) in [5.74, 6) is 0.860. The zero-order valence-electron chi connectivity index (χ0n) is 9.24. The van der Waals surface area contributed by atoms with Crippen molar-refractivity contribution in [3.05, 3.63) is 28.8 Å². The van der Waals surface area contributed by atoms with Gasteiger partial charge >= 0.3 is 0 Å². The van der Waals surface area contributed by atoms with Gasteiger partial charge in [-0.25, -0.2) is 0 Å². The lowest BCUT2D eigenvalue weighted by Gasteiger charge is -2.19. The van der Waals surface area contributed by atoms with E-state index in [2.05, 4.69) is 11.9 Å². The van der Waals surface area contributed by atoms with Gasteiger partial charge in [-0.1, -0.05) is 23.8 Å². The van der Waals surface area contributed by atoms with Crippen LogP contribution in [0.25, 0.3) is 0 Å². The molecular formula is C12H15ClN2S. The molecule has 1 saturated carbocycles. The van der Waals surface area contributed by atoms with E-state index in [0.717, 1.165) is 23.7 Å². The second-order valence-electron chi connectivity index (χ2n) is 4.35. The third-order valence-corrected chi connectivity index (χ3v) is 3.42. The zero-order valence-corrected chi connectivity index (χ0v) is 10.8. The first kappa shape index (κ1) is 11.7. The summed E-state index contributed by atoms with van der Waals surface area (Å²) in [6.45, 7) is 1.10. The van der Waals surface area contributed by atoms with E-state index >= 15 is 0 Å². The minimum atomic E-state index is 0.349. The summed E-state index contributed by atoms with van der Waals surface area (Å²) in [4.78, 5) is 2.58. The summed E-state index contributed by atoms with van der Waals surface area (Å²) in [6, 6.07) is 5.84. The van der Waals surface area contributed by atoms with E-state index in [1.165, 1.54) is 12.8 Å². The van der Waals surface area contributed by atoms with Gasteiger partial charge in [0.05, 0.1) is 5.02 Å². The number of hydrogen-bond acceptors (Lipinski definition) is 2. The molecule has 16 heavy (non-hydrogen) atoms. The average molecular weight is 255 g/mol. The molecule has 0 spiro atoms. The highest BCUT2D eigenvalue weighted by molar-refractivity contribution is 7.80. The fourth-order valence-corrected chi connectivity index (χ4v) is 2.25. The summed E-state index contributed by atoms with van der Waals surface area (Å²) >= 11 is 11.0. The number of nitrogens with zero attached hydrogens (tertiary/aromatic N) is 1. The van der Waals surface area contributed by atoms with Crippen LogP contribution in [-0.4, -0.2) is 18.6 Å². The highest BCUT2D eigenvalue weighted by atomic mass is 35.5. The number of anilines is 1. The van der Waals surface area contributed by atoms with Crippen molar-refractivity contribution in [2.24, 2.45) is 11.7 Å². The largest absolute Gasteiger partial charge is 0.389 e. The smallest absolute Gasteiger partial charge is 0.105 e. The number of benzene rings is 1. The van der Waals surface area contributed by atoms with E-state index in [1.54, 1.807) is 0 Å². The standard InChI is InChI=1S/C12H15ClN2S/c1-15(7-8-2-3-8)9-4-5-10(12(14)16)11(13)6-9/h4-6,8H,2-3,7H2,1H3,(H2,14,16). The first-order valence-corrected chi connectivity index (χ1v) is 6.17. The summed E-state index contributed by atoms with van der Waals surface area (Å²) in [5.41, 5.74) is 7.44. The molecule has 1 aliphatic rings. The van der Waals surface area contributed by atoms with Crippen LogP contribution in [0.4, 0.5) is 5.69 Å². The molecule has 0 heterocycles. The fourth-order valence-electron chi connectivity index (χ4n) is 1.73. The first-order valence-electron chi connectivity index (χ1n) is 5.38. The van der Waals surface area contributed by atoms with Gasteiger partial charge in [-0.2, -0.15) is 0 Å². The van der Waals surface area contributed by atoms with Gasteiger partial charge in [0.15, 0.2) is 0 Å². The van der Waals surface area contributed by atoms with E-state index in [1.807, 2.05) is 18.2 Å². The highest BCUT2D eigenvalue weighted by Gasteiger charge is 2.23.